The van der Waals surface area contributed by atoms with E-state index in [4.69, 9.17) is 9.47 Å². The zero-order valence-corrected chi connectivity index (χ0v) is 24.3. The minimum Gasteiger partial charge on any atom is -0.448 e. The summed E-state index contributed by atoms with van der Waals surface area (Å²) in [6, 6.07) is 17.5. The summed E-state index contributed by atoms with van der Waals surface area (Å²) in [5, 5.41) is 5.32. The maximum atomic E-state index is 13.8. The predicted octanol–water partition coefficient (Wildman–Crippen LogP) is 4.14. The van der Waals surface area contributed by atoms with Crippen LogP contribution >= 0.6 is 11.3 Å². The Hall–Kier alpha value is -4.05. The van der Waals surface area contributed by atoms with E-state index in [0.717, 1.165) is 44.4 Å². The van der Waals surface area contributed by atoms with Crippen molar-refractivity contribution in [3.8, 4) is 0 Å². The number of hydrogen-bond donors (Lipinski definition) is 1. The first kappa shape index (κ1) is 29.9. The third kappa shape index (κ3) is 7.79. The van der Waals surface area contributed by atoms with Crippen LogP contribution < -0.4 is 5.32 Å². The highest BCUT2D eigenvalue weighted by atomic mass is 32.1. The lowest BCUT2D eigenvalue weighted by Gasteiger charge is -2.31. The number of amides is 2. The molecule has 9 nitrogen and oxygen atoms in total. The van der Waals surface area contributed by atoms with Crippen LogP contribution in [0.4, 0.5) is 0 Å². The highest BCUT2D eigenvalue weighted by Gasteiger charge is 2.44. The standard InChI is InChI=1S/C31H35N3O6S/c1-4-22-11-8-9-14-24(22)17-25-19-41-27(33-25)18-32-30(37)28(39-20(2)35)29(40-21(3)36)31(38)34-16-10-15-26(34)23-12-6-5-7-13-23/h5-9,11-14,19,26,28-29H,4,10,15-18H2,1-3H3,(H,32,37)/t26?,28-,29-/m1/s1. The van der Waals surface area contributed by atoms with Crippen LogP contribution in [-0.2, 0) is 48.0 Å². The molecule has 41 heavy (non-hydrogen) atoms. The Morgan fingerprint density at radius 2 is 1.63 bits per heavy atom. The van der Waals surface area contributed by atoms with Crippen LogP contribution in [0.5, 0.6) is 0 Å². The fourth-order valence-electron chi connectivity index (χ4n) is 5.11. The number of aryl methyl sites for hydroxylation is 1. The lowest BCUT2D eigenvalue weighted by atomic mass is 10.0. The van der Waals surface area contributed by atoms with Crippen molar-refractivity contribution in [2.45, 2.75) is 71.2 Å². The summed E-state index contributed by atoms with van der Waals surface area (Å²) in [7, 11) is 0. The number of carbonyl (C=O) groups excluding carboxylic acids is 4. The van der Waals surface area contributed by atoms with Crippen LogP contribution in [0.15, 0.2) is 60.0 Å². The molecular formula is C31H35N3O6S. The summed E-state index contributed by atoms with van der Waals surface area (Å²) < 4.78 is 10.7. The largest absolute Gasteiger partial charge is 0.448 e. The number of benzene rings is 2. The molecule has 10 heteroatoms. The molecule has 0 aliphatic carbocycles. The van der Waals surface area contributed by atoms with E-state index in [-0.39, 0.29) is 12.6 Å². The number of nitrogens with one attached hydrogen (secondary N) is 1. The van der Waals surface area contributed by atoms with Crippen molar-refractivity contribution in [3.63, 3.8) is 0 Å². The number of esters is 2. The van der Waals surface area contributed by atoms with Crippen molar-refractivity contribution in [1.29, 1.82) is 0 Å². The molecule has 2 aromatic carbocycles. The van der Waals surface area contributed by atoms with Crippen molar-refractivity contribution in [1.82, 2.24) is 15.2 Å². The summed E-state index contributed by atoms with van der Waals surface area (Å²) in [6.45, 7) is 4.89. The van der Waals surface area contributed by atoms with Crippen LogP contribution in [0.2, 0.25) is 0 Å². The van der Waals surface area contributed by atoms with E-state index in [9.17, 15) is 19.2 Å². The van der Waals surface area contributed by atoms with Crippen LogP contribution in [0.1, 0.15) is 67.0 Å². The third-order valence-electron chi connectivity index (χ3n) is 6.97. The van der Waals surface area contributed by atoms with Gasteiger partial charge < -0.3 is 19.7 Å². The van der Waals surface area contributed by atoms with Crippen LogP contribution in [0.25, 0.3) is 0 Å². The van der Waals surface area contributed by atoms with Crippen molar-refractivity contribution in [3.05, 3.63) is 87.4 Å². The zero-order valence-electron chi connectivity index (χ0n) is 23.5. The van der Waals surface area contributed by atoms with Gasteiger partial charge in [-0.25, -0.2) is 4.98 Å². The molecule has 0 radical (unpaired) electrons. The van der Waals surface area contributed by atoms with E-state index in [2.05, 4.69) is 29.4 Å². The molecule has 2 amide bonds. The van der Waals surface area contributed by atoms with E-state index >= 15 is 0 Å². The summed E-state index contributed by atoms with van der Waals surface area (Å²) >= 11 is 1.40. The molecule has 216 valence electrons. The molecule has 3 atom stereocenters. The third-order valence-corrected chi connectivity index (χ3v) is 7.86. The minimum atomic E-state index is -1.66. The molecule has 1 fully saturated rings. The first-order chi connectivity index (χ1) is 19.8. The maximum Gasteiger partial charge on any atom is 0.303 e. The van der Waals surface area contributed by atoms with E-state index in [0.29, 0.717) is 18.0 Å². The molecule has 1 N–H and O–H groups in total. The molecule has 1 aliphatic heterocycles. The van der Waals surface area contributed by atoms with Crippen LogP contribution in [-0.4, -0.2) is 52.4 Å². The van der Waals surface area contributed by atoms with Crippen molar-refractivity contribution >= 4 is 35.1 Å². The van der Waals surface area contributed by atoms with Gasteiger partial charge in [-0.2, -0.15) is 0 Å². The molecule has 1 aliphatic rings. The fourth-order valence-corrected chi connectivity index (χ4v) is 5.85. The Morgan fingerprint density at radius 3 is 2.32 bits per heavy atom. The highest BCUT2D eigenvalue weighted by Crippen LogP contribution is 2.33. The van der Waals surface area contributed by atoms with Gasteiger partial charge in [-0.1, -0.05) is 61.5 Å². The van der Waals surface area contributed by atoms with Gasteiger partial charge in [0.15, 0.2) is 0 Å². The average Bonchev–Trinajstić information content (AvgIpc) is 3.64. The molecule has 0 saturated carbocycles. The van der Waals surface area contributed by atoms with E-state index in [1.54, 1.807) is 4.90 Å². The van der Waals surface area contributed by atoms with Gasteiger partial charge in [0.1, 0.15) is 5.01 Å². The Kier molecular flexibility index (Phi) is 10.2. The van der Waals surface area contributed by atoms with Crippen LogP contribution in [0.3, 0.4) is 0 Å². The van der Waals surface area contributed by atoms with Crippen molar-refractivity contribution < 1.29 is 28.7 Å². The predicted molar refractivity (Wildman–Crippen MR) is 154 cm³/mol. The van der Waals surface area contributed by atoms with Gasteiger partial charge in [0, 0.05) is 32.2 Å². The number of hydrogen-bond acceptors (Lipinski definition) is 8. The zero-order chi connectivity index (χ0) is 29.4. The van der Waals surface area contributed by atoms with Gasteiger partial charge >= 0.3 is 11.9 Å². The number of thiazole rings is 1. The Balaban J connectivity index is 1.49. The molecule has 3 aromatic rings. The monoisotopic (exact) mass is 577 g/mol. The molecule has 1 saturated heterocycles. The second kappa shape index (κ2) is 14.0. The molecular weight excluding hydrogens is 542 g/mol. The van der Waals surface area contributed by atoms with Crippen molar-refractivity contribution in [2.24, 2.45) is 0 Å². The highest BCUT2D eigenvalue weighted by molar-refractivity contribution is 7.09. The summed E-state index contributed by atoms with van der Waals surface area (Å²) in [5.74, 6) is -2.87. The number of aromatic nitrogens is 1. The molecule has 1 aromatic heterocycles. The number of ether oxygens (including phenoxy) is 2. The number of rotatable bonds is 11. The van der Waals surface area contributed by atoms with Gasteiger partial charge in [0.25, 0.3) is 11.8 Å². The average molecular weight is 578 g/mol. The van der Waals surface area contributed by atoms with Gasteiger partial charge in [-0.15, -0.1) is 11.3 Å². The summed E-state index contributed by atoms with van der Waals surface area (Å²) in [6.07, 6.45) is -0.215. The van der Waals surface area contributed by atoms with Gasteiger partial charge in [0.2, 0.25) is 12.2 Å². The molecule has 0 spiro atoms. The summed E-state index contributed by atoms with van der Waals surface area (Å²) in [4.78, 5) is 57.4. The molecule has 4 rings (SSSR count). The molecule has 2 heterocycles. The smallest absolute Gasteiger partial charge is 0.303 e. The van der Waals surface area contributed by atoms with Gasteiger partial charge in [-0.05, 0) is 36.0 Å². The maximum absolute atomic E-state index is 13.8. The quantitative estimate of drug-likeness (QED) is 0.341. The SMILES string of the molecule is CCc1ccccc1Cc1csc(CNC(=O)[C@H](OC(C)=O)[C@@H](OC(C)=O)C(=O)N2CCCC2c2ccccc2)n1. The normalized spacial score (nSPS) is 16.1. The first-order valence-electron chi connectivity index (χ1n) is 13.7. The molecule has 0 bridgehead atoms. The Labute approximate surface area is 243 Å². The number of nitrogens with zero attached hydrogens (tertiary/aromatic N) is 2. The summed E-state index contributed by atoms with van der Waals surface area (Å²) in [5.41, 5.74) is 4.28. The van der Waals surface area contributed by atoms with E-state index in [1.165, 1.54) is 22.5 Å². The van der Waals surface area contributed by atoms with Crippen molar-refractivity contribution in [2.75, 3.05) is 6.54 Å². The lowest BCUT2D eigenvalue weighted by molar-refractivity contribution is -0.178. The van der Waals surface area contributed by atoms with E-state index < -0.39 is 36.0 Å². The number of likely N-dealkylation sites (tertiary alicyclic amines) is 1. The number of carbonyl (C=O) groups is 4. The first-order valence-corrected chi connectivity index (χ1v) is 14.6. The topological polar surface area (TPSA) is 115 Å². The lowest BCUT2D eigenvalue weighted by Crippen LogP contribution is -2.53. The Morgan fingerprint density at radius 1 is 0.976 bits per heavy atom. The minimum absolute atomic E-state index is 0.0635. The Bertz CT molecular complexity index is 1370. The van der Waals surface area contributed by atoms with E-state index in [1.807, 2.05) is 47.8 Å². The van der Waals surface area contributed by atoms with Gasteiger partial charge in [0.05, 0.1) is 18.3 Å². The van der Waals surface area contributed by atoms with Gasteiger partial charge in [-0.3, -0.25) is 19.2 Å². The fraction of sp³-hybridized carbons (Fsp3) is 0.387. The van der Waals surface area contributed by atoms with Crippen LogP contribution in [0, 0.1) is 0 Å². The second-order valence-electron chi connectivity index (χ2n) is 9.91. The second-order valence-corrected chi connectivity index (χ2v) is 10.9. The molecule has 1 unspecified atom stereocenters.